The quantitative estimate of drug-likeness (QED) is 0.850. The predicted octanol–water partition coefficient (Wildman–Crippen LogP) is 3.42. The molecule has 0 aliphatic carbocycles. The van der Waals surface area contributed by atoms with E-state index in [9.17, 15) is 8.78 Å². The van der Waals surface area contributed by atoms with Crippen LogP contribution < -0.4 is 10.6 Å². The second-order valence-corrected chi connectivity index (χ2v) is 5.21. The Kier molecular flexibility index (Phi) is 3.08. The molecule has 0 atom stereocenters. The number of hydrogen-bond acceptors (Lipinski definition) is 2. The molecule has 2 nitrogen and oxygen atoms in total. The molecule has 2 aromatic carbocycles. The first kappa shape index (κ1) is 12.9. The molecule has 0 radical (unpaired) electrons. The number of nitrogens with zero attached hydrogens (tertiary/aromatic N) is 1. The second kappa shape index (κ2) is 4.78. The van der Waals surface area contributed by atoms with Gasteiger partial charge in [-0.25, -0.2) is 8.78 Å². The van der Waals surface area contributed by atoms with E-state index < -0.39 is 11.6 Å². The number of anilines is 2. The molecule has 0 fully saturated rings. The van der Waals surface area contributed by atoms with Gasteiger partial charge in [0.05, 0.1) is 0 Å². The topological polar surface area (TPSA) is 29.3 Å². The molecule has 0 bridgehead atoms. The van der Waals surface area contributed by atoms with Gasteiger partial charge in [-0.2, -0.15) is 0 Å². The number of hydrogen-bond donors (Lipinski definition) is 1. The Bertz CT molecular complexity index is 648. The van der Waals surface area contributed by atoms with Crippen molar-refractivity contribution in [2.45, 2.75) is 19.9 Å². The third kappa shape index (κ3) is 2.11. The molecule has 0 aromatic heterocycles. The van der Waals surface area contributed by atoms with Crippen molar-refractivity contribution in [3.8, 4) is 0 Å². The summed E-state index contributed by atoms with van der Waals surface area (Å²) in [5, 5.41) is 0. The van der Waals surface area contributed by atoms with Crippen LogP contribution in [0.15, 0.2) is 30.3 Å². The van der Waals surface area contributed by atoms with Gasteiger partial charge in [-0.05, 0) is 42.7 Å². The van der Waals surface area contributed by atoms with E-state index >= 15 is 0 Å². The number of nitrogen functional groups attached to an aromatic ring is 1. The first-order valence-electron chi connectivity index (χ1n) is 6.63. The zero-order valence-electron chi connectivity index (χ0n) is 11.3. The van der Waals surface area contributed by atoms with Crippen molar-refractivity contribution in [3.05, 3.63) is 58.7 Å². The predicted molar refractivity (Wildman–Crippen MR) is 76.7 cm³/mol. The highest BCUT2D eigenvalue weighted by atomic mass is 19.1. The fraction of sp³-hybridized carbons (Fsp3) is 0.250. The summed E-state index contributed by atoms with van der Waals surface area (Å²) in [6, 6.07) is 7.92. The van der Waals surface area contributed by atoms with Gasteiger partial charge in [-0.15, -0.1) is 0 Å². The Morgan fingerprint density at radius 2 is 1.90 bits per heavy atom. The Morgan fingerprint density at radius 3 is 2.60 bits per heavy atom. The number of benzene rings is 2. The SMILES string of the molecule is Cc1cc2c(cc1N)N(Cc1c(F)cccc1F)CC2. The van der Waals surface area contributed by atoms with Crippen LogP contribution >= 0.6 is 0 Å². The summed E-state index contributed by atoms with van der Waals surface area (Å²) in [5.74, 6) is -1.00. The van der Waals surface area contributed by atoms with Crippen LogP contribution in [0.4, 0.5) is 20.2 Å². The molecule has 1 aliphatic rings. The van der Waals surface area contributed by atoms with E-state index in [2.05, 4.69) is 6.07 Å². The van der Waals surface area contributed by atoms with Gasteiger partial charge in [0, 0.05) is 30.0 Å². The largest absolute Gasteiger partial charge is 0.398 e. The van der Waals surface area contributed by atoms with Gasteiger partial charge in [-0.1, -0.05) is 12.1 Å². The Balaban J connectivity index is 1.94. The minimum atomic E-state index is -0.501. The van der Waals surface area contributed by atoms with Gasteiger partial charge >= 0.3 is 0 Å². The molecular weight excluding hydrogens is 258 g/mol. The molecule has 4 heteroatoms. The summed E-state index contributed by atoms with van der Waals surface area (Å²) in [7, 11) is 0. The van der Waals surface area contributed by atoms with Crippen molar-refractivity contribution in [3.63, 3.8) is 0 Å². The van der Waals surface area contributed by atoms with Crippen LogP contribution in [0.2, 0.25) is 0 Å². The van der Waals surface area contributed by atoms with E-state index in [0.29, 0.717) is 5.69 Å². The van der Waals surface area contributed by atoms with E-state index in [-0.39, 0.29) is 12.1 Å². The number of aryl methyl sites for hydroxylation is 1. The summed E-state index contributed by atoms with van der Waals surface area (Å²) in [6.45, 7) is 2.95. The minimum Gasteiger partial charge on any atom is -0.398 e. The fourth-order valence-corrected chi connectivity index (χ4v) is 2.68. The van der Waals surface area contributed by atoms with Gasteiger partial charge in [0.15, 0.2) is 0 Å². The number of rotatable bonds is 2. The molecule has 0 unspecified atom stereocenters. The van der Waals surface area contributed by atoms with Crippen LogP contribution in [0.5, 0.6) is 0 Å². The summed E-state index contributed by atoms with van der Waals surface area (Å²) in [4.78, 5) is 1.98. The van der Waals surface area contributed by atoms with E-state index in [1.165, 1.54) is 23.8 Å². The first-order valence-corrected chi connectivity index (χ1v) is 6.63. The maximum absolute atomic E-state index is 13.7. The van der Waals surface area contributed by atoms with E-state index in [4.69, 9.17) is 5.73 Å². The molecule has 0 amide bonds. The molecule has 1 aliphatic heterocycles. The van der Waals surface area contributed by atoms with Crippen LogP contribution in [0.25, 0.3) is 0 Å². The molecule has 104 valence electrons. The molecule has 0 saturated heterocycles. The molecule has 1 heterocycles. The monoisotopic (exact) mass is 274 g/mol. The highest BCUT2D eigenvalue weighted by Gasteiger charge is 2.22. The van der Waals surface area contributed by atoms with Crippen molar-refractivity contribution < 1.29 is 8.78 Å². The van der Waals surface area contributed by atoms with Gasteiger partial charge in [0.2, 0.25) is 0 Å². The summed E-state index contributed by atoms with van der Waals surface area (Å²) in [5.41, 5.74) is 9.97. The van der Waals surface area contributed by atoms with Crippen LogP contribution in [-0.4, -0.2) is 6.54 Å². The highest BCUT2D eigenvalue weighted by Crippen LogP contribution is 2.33. The van der Waals surface area contributed by atoms with Crippen LogP contribution in [0.1, 0.15) is 16.7 Å². The van der Waals surface area contributed by atoms with Crippen molar-refractivity contribution in [2.75, 3.05) is 17.2 Å². The molecule has 2 N–H and O–H groups in total. The normalized spacial score (nSPS) is 13.7. The van der Waals surface area contributed by atoms with Crippen molar-refractivity contribution in [1.82, 2.24) is 0 Å². The zero-order valence-corrected chi connectivity index (χ0v) is 11.3. The number of fused-ring (bicyclic) bond motifs is 1. The lowest BCUT2D eigenvalue weighted by Crippen LogP contribution is -2.21. The van der Waals surface area contributed by atoms with Crippen LogP contribution in [0, 0.1) is 18.6 Å². The number of halogens is 2. The van der Waals surface area contributed by atoms with Crippen molar-refractivity contribution in [1.29, 1.82) is 0 Å². The summed E-state index contributed by atoms with van der Waals surface area (Å²) >= 11 is 0. The summed E-state index contributed by atoms with van der Waals surface area (Å²) in [6.07, 6.45) is 0.881. The van der Waals surface area contributed by atoms with E-state index in [1.54, 1.807) is 0 Å². The Labute approximate surface area is 116 Å². The van der Waals surface area contributed by atoms with Crippen molar-refractivity contribution in [2.24, 2.45) is 0 Å². The highest BCUT2D eigenvalue weighted by molar-refractivity contribution is 5.67. The minimum absolute atomic E-state index is 0.111. The second-order valence-electron chi connectivity index (χ2n) is 5.21. The van der Waals surface area contributed by atoms with E-state index in [0.717, 1.165) is 24.2 Å². The van der Waals surface area contributed by atoms with E-state index in [1.807, 2.05) is 17.9 Å². The standard InChI is InChI=1S/C16H16F2N2/c1-10-7-11-5-6-20(16(11)8-15(10)19)9-12-13(17)3-2-4-14(12)18/h2-4,7-8H,5-6,9,19H2,1H3. The van der Waals surface area contributed by atoms with Crippen LogP contribution in [0.3, 0.4) is 0 Å². The molecular formula is C16H16F2N2. The molecule has 2 aromatic rings. The zero-order chi connectivity index (χ0) is 14.3. The molecule has 3 rings (SSSR count). The third-order valence-electron chi connectivity index (χ3n) is 3.87. The third-order valence-corrected chi connectivity index (χ3v) is 3.87. The van der Waals surface area contributed by atoms with Gasteiger partial charge < -0.3 is 10.6 Å². The summed E-state index contributed by atoms with van der Waals surface area (Å²) < 4.78 is 27.5. The lowest BCUT2D eigenvalue weighted by Gasteiger charge is -2.21. The maximum Gasteiger partial charge on any atom is 0.131 e. The average molecular weight is 274 g/mol. The van der Waals surface area contributed by atoms with Gasteiger partial charge in [0.25, 0.3) is 0 Å². The van der Waals surface area contributed by atoms with Gasteiger partial charge in [-0.3, -0.25) is 0 Å². The van der Waals surface area contributed by atoms with Crippen LogP contribution in [-0.2, 0) is 13.0 Å². The first-order chi connectivity index (χ1) is 9.56. The smallest absolute Gasteiger partial charge is 0.131 e. The number of nitrogens with two attached hydrogens (primary N) is 1. The molecule has 20 heavy (non-hydrogen) atoms. The molecule has 0 spiro atoms. The van der Waals surface area contributed by atoms with Gasteiger partial charge in [0.1, 0.15) is 11.6 Å². The Hall–Kier alpha value is -2.10. The lowest BCUT2D eigenvalue weighted by atomic mass is 10.1. The average Bonchev–Trinajstić information content (AvgIpc) is 2.77. The van der Waals surface area contributed by atoms with Crippen molar-refractivity contribution >= 4 is 11.4 Å². The molecule has 0 saturated carbocycles. The lowest BCUT2D eigenvalue weighted by molar-refractivity contribution is 0.551. The maximum atomic E-state index is 13.7. The fourth-order valence-electron chi connectivity index (χ4n) is 2.68. The Morgan fingerprint density at radius 1 is 1.20 bits per heavy atom.